The summed E-state index contributed by atoms with van der Waals surface area (Å²) >= 11 is 0. The number of aromatic nitrogens is 2. The molecule has 0 aliphatic carbocycles. The molecule has 6 heteroatoms. The Morgan fingerprint density at radius 1 is 1.27 bits per heavy atom. The van der Waals surface area contributed by atoms with Crippen LogP contribution in [0, 0.1) is 5.41 Å². The minimum atomic E-state index is -0.212. The fourth-order valence-corrected chi connectivity index (χ4v) is 3.99. The van der Waals surface area contributed by atoms with Crippen LogP contribution in [0.4, 0.5) is 5.95 Å². The number of carbonyl (C=O) groups excluding carboxylic acids is 1. The number of hydrogen-bond acceptors (Lipinski definition) is 5. The summed E-state index contributed by atoms with van der Waals surface area (Å²) in [5.74, 6) is 0.727. The van der Waals surface area contributed by atoms with Gasteiger partial charge in [0.25, 0.3) is 0 Å². The molecule has 0 radical (unpaired) electrons. The van der Waals surface area contributed by atoms with Crippen molar-refractivity contribution in [3.05, 3.63) is 18.5 Å². The first kappa shape index (κ1) is 14.1. The van der Waals surface area contributed by atoms with Gasteiger partial charge in [-0.1, -0.05) is 0 Å². The number of ether oxygens (including phenoxy) is 1. The SMILES string of the molecule is O=C1N(c2ncccn2)CC12CCCN(CC1CCCO1)C2. The van der Waals surface area contributed by atoms with E-state index in [-0.39, 0.29) is 11.3 Å². The molecule has 1 aromatic rings. The number of β-lactam (4-membered cyclic amide) rings is 1. The molecule has 3 fully saturated rings. The van der Waals surface area contributed by atoms with Gasteiger partial charge in [0.1, 0.15) is 0 Å². The third-order valence-electron chi connectivity index (χ3n) is 5.09. The van der Waals surface area contributed by atoms with Crippen LogP contribution >= 0.6 is 0 Å². The van der Waals surface area contributed by atoms with Gasteiger partial charge in [-0.25, -0.2) is 9.97 Å². The van der Waals surface area contributed by atoms with Gasteiger partial charge in [0.05, 0.1) is 11.5 Å². The molecule has 3 aliphatic heterocycles. The number of likely N-dealkylation sites (tertiary alicyclic amines) is 1. The normalized spacial score (nSPS) is 32.5. The van der Waals surface area contributed by atoms with E-state index in [1.165, 1.54) is 6.42 Å². The van der Waals surface area contributed by atoms with Crippen molar-refractivity contribution < 1.29 is 9.53 Å². The Hall–Kier alpha value is -1.53. The van der Waals surface area contributed by atoms with Crippen LogP contribution in [0.2, 0.25) is 0 Å². The van der Waals surface area contributed by atoms with E-state index in [9.17, 15) is 4.79 Å². The largest absolute Gasteiger partial charge is 0.377 e. The number of amides is 1. The highest BCUT2D eigenvalue weighted by Gasteiger charge is 2.55. The minimum absolute atomic E-state index is 0.191. The second kappa shape index (κ2) is 5.59. The summed E-state index contributed by atoms with van der Waals surface area (Å²) in [6.07, 6.45) is 8.12. The monoisotopic (exact) mass is 302 g/mol. The van der Waals surface area contributed by atoms with Crippen molar-refractivity contribution >= 4 is 11.9 Å². The molecule has 22 heavy (non-hydrogen) atoms. The molecule has 4 rings (SSSR count). The third-order valence-corrected chi connectivity index (χ3v) is 5.09. The van der Waals surface area contributed by atoms with Crippen molar-refractivity contribution in [2.75, 3.05) is 37.7 Å². The van der Waals surface area contributed by atoms with Gasteiger partial charge in [-0.05, 0) is 38.3 Å². The highest BCUT2D eigenvalue weighted by molar-refractivity contribution is 6.03. The van der Waals surface area contributed by atoms with Gasteiger partial charge in [0, 0.05) is 38.6 Å². The number of anilines is 1. The van der Waals surface area contributed by atoms with E-state index in [0.29, 0.717) is 12.1 Å². The minimum Gasteiger partial charge on any atom is -0.377 e. The Labute approximate surface area is 130 Å². The highest BCUT2D eigenvalue weighted by Crippen LogP contribution is 2.41. The second-order valence-electron chi connectivity index (χ2n) is 6.69. The lowest BCUT2D eigenvalue weighted by molar-refractivity contribution is -0.140. The lowest BCUT2D eigenvalue weighted by Crippen LogP contribution is -2.68. The predicted octanol–water partition coefficient (Wildman–Crippen LogP) is 1.08. The Balaban J connectivity index is 1.41. The van der Waals surface area contributed by atoms with Crippen molar-refractivity contribution in [1.29, 1.82) is 0 Å². The first-order valence-corrected chi connectivity index (χ1v) is 8.20. The Kier molecular flexibility index (Phi) is 3.58. The van der Waals surface area contributed by atoms with Crippen LogP contribution in [0.25, 0.3) is 0 Å². The summed E-state index contributed by atoms with van der Waals surface area (Å²) in [5, 5.41) is 0. The van der Waals surface area contributed by atoms with E-state index in [2.05, 4.69) is 14.9 Å². The average Bonchev–Trinajstić information content (AvgIpc) is 3.06. The zero-order valence-electron chi connectivity index (χ0n) is 12.8. The number of nitrogens with zero attached hydrogens (tertiary/aromatic N) is 4. The summed E-state index contributed by atoms with van der Waals surface area (Å²) in [7, 11) is 0. The molecule has 4 heterocycles. The Morgan fingerprint density at radius 2 is 2.14 bits per heavy atom. The second-order valence-corrected chi connectivity index (χ2v) is 6.69. The van der Waals surface area contributed by atoms with Crippen LogP contribution in [0.5, 0.6) is 0 Å². The summed E-state index contributed by atoms with van der Waals surface area (Å²) < 4.78 is 5.74. The molecule has 118 valence electrons. The number of hydrogen-bond donors (Lipinski definition) is 0. The molecule has 0 N–H and O–H groups in total. The fourth-order valence-electron chi connectivity index (χ4n) is 3.99. The maximum atomic E-state index is 12.7. The summed E-state index contributed by atoms with van der Waals surface area (Å²) in [6.45, 7) is 4.54. The predicted molar refractivity (Wildman–Crippen MR) is 81.5 cm³/mol. The first-order valence-electron chi connectivity index (χ1n) is 8.20. The molecule has 3 saturated heterocycles. The van der Waals surface area contributed by atoms with E-state index in [1.807, 2.05) is 0 Å². The topological polar surface area (TPSA) is 58.6 Å². The summed E-state index contributed by atoms with van der Waals surface area (Å²) in [4.78, 5) is 25.2. The smallest absolute Gasteiger partial charge is 0.238 e. The molecule has 0 aromatic carbocycles. The van der Waals surface area contributed by atoms with E-state index >= 15 is 0 Å². The van der Waals surface area contributed by atoms with Crippen LogP contribution in [0.1, 0.15) is 25.7 Å². The molecule has 0 bridgehead atoms. The lowest BCUT2D eigenvalue weighted by atomic mass is 9.72. The molecular formula is C16H22N4O2. The van der Waals surface area contributed by atoms with Gasteiger partial charge in [-0.3, -0.25) is 14.6 Å². The summed E-state index contributed by atoms with van der Waals surface area (Å²) in [6, 6.07) is 1.77. The molecular weight excluding hydrogens is 280 g/mol. The first-order chi connectivity index (χ1) is 10.8. The molecule has 6 nitrogen and oxygen atoms in total. The van der Waals surface area contributed by atoms with Gasteiger partial charge in [0.2, 0.25) is 11.9 Å². The van der Waals surface area contributed by atoms with Gasteiger partial charge >= 0.3 is 0 Å². The zero-order valence-corrected chi connectivity index (χ0v) is 12.8. The van der Waals surface area contributed by atoms with Crippen molar-refractivity contribution in [3.63, 3.8) is 0 Å². The molecule has 2 unspecified atom stereocenters. The van der Waals surface area contributed by atoms with Crippen LogP contribution in [-0.2, 0) is 9.53 Å². The van der Waals surface area contributed by atoms with E-state index < -0.39 is 0 Å². The quantitative estimate of drug-likeness (QED) is 0.782. The standard InChI is InChI=1S/C16H22N4O2/c21-14-16(12-20(14)15-17-6-3-7-18-15)5-2-8-19(11-16)10-13-4-1-9-22-13/h3,6-7,13H,1-2,4-5,8-12H2. The van der Waals surface area contributed by atoms with Gasteiger partial charge < -0.3 is 4.74 Å². The average molecular weight is 302 g/mol. The van der Waals surface area contributed by atoms with Gasteiger partial charge in [-0.2, -0.15) is 0 Å². The molecule has 3 aliphatic rings. The van der Waals surface area contributed by atoms with E-state index in [4.69, 9.17) is 4.74 Å². The van der Waals surface area contributed by atoms with Crippen molar-refractivity contribution in [2.24, 2.45) is 5.41 Å². The number of rotatable bonds is 3. The fraction of sp³-hybridized carbons (Fsp3) is 0.688. The highest BCUT2D eigenvalue weighted by atomic mass is 16.5. The molecule has 1 amide bonds. The van der Waals surface area contributed by atoms with E-state index in [1.54, 1.807) is 23.4 Å². The van der Waals surface area contributed by atoms with Gasteiger partial charge in [0.15, 0.2) is 0 Å². The maximum absolute atomic E-state index is 12.7. The van der Waals surface area contributed by atoms with Crippen LogP contribution in [-0.4, -0.2) is 59.7 Å². The molecule has 0 saturated carbocycles. The zero-order chi connectivity index (χ0) is 15.0. The van der Waals surface area contributed by atoms with Crippen LogP contribution in [0.15, 0.2) is 18.5 Å². The van der Waals surface area contributed by atoms with Gasteiger partial charge in [-0.15, -0.1) is 0 Å². The number of carbonyl (C=O) groups is 1. The molecule has 1 spiro atoms. The van der Waals surface area contributed by atoms with Crippen molar-refractivity contribution in [2.45, 2.75) is 31.8 Å². The Bertz CT molecular complexity index is 546. The van der Waals surface area contributed by atoms with Crippen LogP contribution in [0.3, 0.4) is 0 Å². The number of piperidine rings is 1. The third kappa shape index (κ3) is 2.40. The van der Waals surface area contributed by atoms with E-state index in [0.717, 1.165) is 52.0 Å². The van der Waals surface area contributed by atoms with Crippen LogP contribution < -0.4 is 4.90 Å². The molecule has 1 aromatic heterocycles. The maximum Gasteiger partial charge on any atom is 0.238 e. The lowest BCUT2D eigenvalue weighted by Gasteiger charge is -2.52. The Morgan fingerprint density at radius 3 is 2.86 bits per heavy atom. The van der Waals surface area contributed by atoms with Crippen molar-refractivity contribution in [1.82, 2.24) is 14.9 Å². The van der Waals surface area contributed by atoms with Crippen molar-refractivity contribution in [3.8, 4) is 0 Å². The molecule has 2 atom stereocenters. The summed E-state index contributed by atoms with van der Waals surface area (Å²) in [5.41, 5.74) is -0.212.